The van der Waals surface area contributed by atoms with Crippen LogP contribution < -0.4 is 5.32 Å². The van der Waals surface area contributed by atoms with Gasteiger partial charge in [-0.3, -0.25) is 4.79 Å². The molecule has 2 rings (SSSR count). The summed E-state index contributed by atoms with van der Waals surface area (Å²) in [7, 11) is 0. The molecule has 0 aliphatic rings. The number of carbonyl (C=O) groups is 2. The van der Waals surface area contributed by atoms with Crippen molar-refractivity contribution in [3.63, 3.8) is 0 Å². The number of nitrogens with one attached hydrogen (secondary N) is 2. The Morgan fingerprint density at radius 2 is 2.15 bits per heavy atom. The molecule has 0 aliphatic heterocycles. The molecule has 2 N–H and O–H groups in total. The number of aryl methyl sites for hydroxylation is 1. The number of ether oxygens (including phenoxy) is 1. The number of aromatic amines is 1. The van der Waals surface area contributed by atoms with E-state index in [9.17, 15) is 9.59 Å². The number of H-pyrrole nitrogens is 1. The van der Waals surface area contributed by atoms with Crippen LogP contribution in [0.15, 0.2) is 24.3 Å². The van der Waals surface area contributed by atoms with Crippen LogP contribution in [0.3, 0.4) is 0 Å². The molecule has 0 unspecified atom stereocenters. The molecule has 1 amide bonds. The second kappa shape index (κ2) is 5.93. The molecule has 0 aliphatic carbocycles. The third-order valence-electron chi connectivity index (χ3n) is 2.82. The first-order valence-electron chi connectivity index (χ1n) is 6.08. The number of amides is 1. The minimum atomic E-state index is -0.532. The molecular formula is C15H14N2O3. The minimum Gasteiger partial charge on any atom is -0.452 e. The number of hydrogen-bond donors (Lipinski definition) is 2. The van der Waals surface area contributed by atoms with Crippen LogP contribution in [0.1, 0.15) is 16.1 Å². The number of terminal acetylenes is 1. The molecule has 1 aromatic carbocycles. The predicted octanol–water partition coefficient (Wildman–Crippen LogP) is 1.38. The average Bonchev–Trinajstić information content (AvgIpc) is 2.78. The van der Waals surface area contributed by atoms with Gasteiger partial charge >= 0.3 is 5.97 Å². The van der Waals surface area contributed by atoms with Crippen LogP contribution in [0.2, 0.25) is 0 Å². The van der Waals surface area contributed by atoms with Crippen molar-refractivity contribution in [3.05, 3.63) is 35.5 Å². The van der Waals surface area contributed by atoms with Crippen LogP contribution in [0.25, 0.3) is 10.9 Å². The van der Waals surface area contributed by atoms with Crippen LogP contribution >= 0.6 is 0 Å². The summed E-state index contributed by atoms with van der Waals surface area (Å²) in [5, 5.41) is 3.20. The largest absolute Gasteiger partial charge is 0.452 e. The van der Waals surface area contributed by atoms with Gasteiger partial charge in [0.05, 0.1) is 12.1 Å². The Bertz CT molecular complexity index is 695. The summed E-state index contributed by atoms with van der Waals surface area (Å²) in [4.78, 5) is 26.5. The summed E-state index contributed by atoms with van der Waals surface area (Å²) in [6, 6.07) is 7.42. The third-order valence-corrected chi connectivity index (χ3v) is 2.82. The molecule has 0 atom stereocenters. The first-order chi connectivity index (χ1) is 9.63. The van der Waals surface area contributed by atoms with E-state index in [-0.39, 0.29) is 13.2 Å². The van der Waals surface area contributed by atoms with E-state index in [1.165, 1.54) is 0 Å². The molecule has 102 valence electrons. The maximum Gasteiger partial charge on any atom is 0.341 e. The Morgan fingerprint density at radius 1 is 1.40 bits per heavy atom. The molecule has 20 heavy (non-hydrogen) atoms. The molecule has 0 bridgehead atoms. The summed E-state index contributed by atoms with van der Waals surface area (Å²) >= 11 is 0. The summed E-state index contributed by atoms with van der Waals surface area (Å²) < 4.78 is 4.99. The number of aromatic nitrogens is 1. The fourth-order valence-corrected chi connectivity index (χ4v) is 1.94. The van der Waals surface area contributed by atoms with E-state index in [0.717, 1.165) is 10.9 Å². The van der Waals surface area contributed by atoms with Gasteiger partial charge in [-0.1, -0.05) is 24.1 Å². The highest BCUT2D eigenvalue weighted by Gasteiger charge is 2.17. The molecule has 0 radical (unpaired) electrons. The maximum atomic E-state index is 12.1. The second-order valence-corrected chi connectivity index (χ2v) is 4.23. The lowest BCUT2D eigenvalue weighted by molar-refractivity contribution is -0.123. The van der Waals surface area contributed by atoms with Gasteiger partial charge in [-0.15, -0.1) is 6.42 Å². The van der Waals surface area contributed by atoms with Crippen LogP contribution in [0.4, 0.5) is 0 Å². The number of fused-ring (bicyclic) bond motifs is 1. The molecule has 5 heteroatoms. The van der Waals surface area contributed by atoms with Gasteiger partial charge in [0.2, 0.25) is 0 Å². The normalized spacial score (nSPS) is 10.0. The van der Waals surface area contributed by atoms with Crippen LogP contribution in [0.5, 0.6) is 0 Å². The molecule has 0 saturated heterocycles. The third kappa shape index (κ3) is 2.81. The molecule has 2 aromatic rings. The number of benzene rings is 1. The lowest BCUT2D eigenvalue weighted by Gasteiger charge is -2.04. The fraction of sp³-hybridized carbons (Fsp3) is 0.200. The molecule has 0 spiro atoms. The first kappa shape index (κ1) is 13.7. The van der Waals surface area contributed by atoms with E-state index in [4.69, 9.17) is 11.2 Å². The van der Waals surface area contributed by atoms with Gasteiger partial charge < -0.3 is 15.0 Å². The number of esters is 1. The number of carbonyl (C=O) groups excluding carboxylic acids is 2. The van der Waals surface area contributed by atoms with E-state index in [0.29, 0.717) is 11.3 Å². The Morgan fingerprint density at radius 3 is 2.90 bits per heavy atom. The van der Waals surface area contributed by atoms with Gasteiger partial charge in [0, 0.05) is 16.6 Å². The Labute approximate surface area is 116 Å². The van der Waals surface area contributed by atoms with Crippen molar-refractivity contribution in [2.45, 2.75) is 6.92 Å². The maximum absolute atomic E-state index is 12.1. The van der Waals surface area contributed by atoms with Crippen molar-refractivity contribution < 1.29 is 14.3 Å². The van der Waals surface area contributed by atoms with Gasteiger partial charge in [0.25, 0.3) is 5.91 Å². The molecule has 0 fully saturated rings. The average molecular weight is 270 g/mol. The van der Waals surface area contributed by atoms with E-state index >= 15 is 0 Å². The topological polar surface area (TPSA) is 71.2 Å². The van der Waals surface area contributed by atoms with Gasteiger partial charge in [0.1, 0.15) is 0 Å². The smallest absolute Gasteiger partial charge is 0.341 e. The predicted molar refractivity (Wildman–Crippen MR) is 75.2 cm³/mol. The summed E-state index contributed by atoms with van der Waals surface area (Å²) in [6.45, 7) is 1.55. The van der Waals surface area contributed by atoms with E-state index in [2.05, 4.69) is 16.2 Å². The summed E-state index contributed by atoms with van der Waals surface area (Å²) in [5.74, 6) is 1.32. The van der Waals surface area contributed by atoms with Crippen LogP contribution in [0, 0.1) is 19.3 Å². The number of rotatable bonds is 4. The van der Waals surface area contributed by atoms with Crippen molar-refractivity contribution in [1.29, 1.82) is 0 Å². The fourth-order valence-electron chi connectivity index (χ4n) is 1.94. The summed E-state index contributed by atoms with van der Waals surface area (Å²) in [5.41, 5.74) is 2.01. The highest BCUT2D eigenvalue weighted by Crippen LogP contribution is 2.22. The molecule has 1 aromatic heterocycles. The van der Waals surface area contributed by atoms with Gasteiger partial charge in [-0.2, -0.15) is 0 Å². The zero-order valence-corrected chi connectivity index (χ0v) is 11.0. The van der Waals surface area contributed by atoms with Crippen LogP contribution in [-0.4, -0.2) is 30.0 Å². The van der Waals surface area contributed by atoms with Crippen molar-refractivity contribution in [2.24, 2.45) is 0 Å². The summed E-state index contributed by atoms with van der Waals surface area (Å²) in [6.07, 6.45) is 5.02. The van der Waals surface area contributed by atoms with E-state index in [1.807, 2.05) is 24.3 Å². The van der Waals surface area contributed by atoms with Crippen molar-refractivity contribution in [3.8, 4) is 12.3 Å². The van der Waals surface area contributed by atoms with Crippen molar-refractivity contribution in [1.82, 2.24) is 10.3 Å². The molecule has 0 saturated carbocycles. The SMILES string of the molecule is C#CCNC(=O)COC(=O)c1c(C)[nH]c2ccccc12. The monoisotopic (exact) mass is 270 g/mol. The highest BCUT2D eigenvalue weighted by atomic mass is 16.5. The molecule has 5 nitrogen and oxygen atoms in total. The Hall–Kier alpha value is -2.74. The lowest BCUT2D eigenvalue weighted by Crippen LogP contribution is -2.29. The minimum absolute atomic E-state index is 0.114. The van der Waals surface area contributed by atoms with E-state index < -0.39 is 11.9 Å². The van der Waals surface area contributed by atoms with E-state index in [1.54, 1.807) is 6.92 Å². The molecular weight excluding hydrogens is 256 g/mol. The molecule has 1 heterocycles. The lowest BCUT2D eigenvalue weighted by atomic mass is 10.1. The Balaban J connectivity index is 2.10. The number of hydrogen-bond acceptors (Lipinski definition) is 3. The van der Waals surface area contributed by atoms with Gasteiger partial charge in [-0.05, 0) is 13.0 Å². The zero-order chi connectivity index (χ0) is 14.5. The van der Waals surface area contributed by atoms with Crippen molar-refractivity contribution in [2.75, 3.05) is 13.2 Å². The quantitative estimate of drug-likeness (QED) is 0.651. The Kier molecular flexibility index (Phi) is 4.06. The first-order valence-corrected chi connectivity index (χ1v) is 6.08. The zero-order valence-electron chi connectivity index (χ0n) is 11.0. The number of para-hydroxylation sites is 1. The standard InChI is InChI=1S/C15H14N2O3/c1-3-8-16-13(18)9-20-15(19)14-10(2)17-12-7-5-4-6-11(12)14/h1,4-7,17H,8-9H2,2H3,(H,16,18). The highest BCUT2D eigenvalue weighted by molar-refractivity contribution is 6.05. The second-order valence-electron chi connectivity index (χ2n) is 4.23. The van der Waals surface area contributed by atoms with Gasteiger partial charge in [-0.25, -0.2) is 4.79 Å². The van der Waals surface area contributed by atoms with Crippen LogP contribution in [-0.2, 0) is 9.53 Å². The van der Waals surface area contributed by atoms with Gasteiger partial charge in [0.15, 0.2) is 6.61 Å². The van der Waals surface area contributed by atoms with Crippen molar-refractivity contribution >= 4 is 22.8 Å².